The van der Waals surface area contributed by atoms with Gasteiger partial charge in [-0.3, -0.25) is 0 Å². The van der Waals surface area contributed by atoms with Gasteiger partial charge in [-0.1, -0.05) is 20.8 Å². The van der Waals surface area contributed by atoms with E-state index in [0.29, 0.717) is 0 Å². The summed E-state index contributed by atoms with van der Waals surface area (Å²) in [5.74, 6) is 0. The molecular formula is C15H24N4S. The molecule has 0 fully saturated rings. The Labute approximate surface area is 125 Å². The largest absolute Gasteiger partial charge is 0.337 e. The van der Waals surface area contributed by atoms with E-state index in [-0.39, 0.29) is 5.41 Å². The Hall–Kier alpha value is -1.20. The van der Waals surface area contributed by atoms with Crippen LogP contribution in [0.15, 0.2) is 24.1 Å². The van der Waals surface area contributed by atoms with Gasteiger partial charge in [0.1, 0.15) is 0 Å². The molecule has 2 aromatic heterocycles. The summed E-state index contributed by atoms with van der Waals surface area (Å²) >= 11 is 1.76. The van der Waals surface area contributed by atoms with Crippen LogP contribution in [0.3, 0.4) is 0 Å². The third-order valence-electron chi connectivity index (χ3n) is 3.08. The second kappa shape index (κ2) is 6.99. The molecule has 0 aliphatic heterocycles. The number of rotatable bonds is 7. The van der Waals surface area contributed by atoms with E-state index < -0.39 is 0 Å². The fourth-order valence-corrected chi connectivity index (χ4v) is 2.82. The molecule has 0 aromatic carbocycles. The first-order valence-corrected chi connectivity index (χ1v) is 8.05. The van der Waals surface area contributed by atoms with Crippen LogP contribution in [-0.2, 0) is 18.5 Å². The normalized spacial score (nSPS) is 11.9. The molecule has 2 aromatic rings. The molecule has 0 bridgehead atoms. The van der Waals surface area contributed by atoms with Crippen molar-refractivity contribution in [1.82, 2.24) is 19.9 Å². The molecule has 0 aliphatic carbocycles. The first-order valence-electron chi connectivity index (χ1n) is 7.17. The molecule has 4 nitrogen and oxygen atoms in total. The molecule has 2 rings (SSSR count). The molecule has 0 aliphatic rings. The Bertz CT molecular complexity index is 496. The highest BCUT2D eigenvalue weighted by molar-refractivity contribution is 7.09. The summed E-state index contributed by atoms with van der Waals surface area (Å²) < 4.78 is 2.12. The van der Waals surface area contributed by atoms with E-state index in [1.165, 1.54) is 17.8 Å². The smallest absolute Gasteiger partial charge is 0.0982 e. The van der Waals surface area contributed by atoms with Crippen LogP contribution >= 0.6 is 11.3 Å². The fourth-order valence-electron chi connectivity index (χ4n) is 1.91. The Morgan fingerprint density at radius 2 is 2.15 bits per heavy atom. The van der Waals surface area contributed by atoms with Gasteiger partial charge >= 0.3 is 0 Å². The summed E-state index contributed by atoms with van der Waals surface area (Å²) in [6.45, 7) is 9.58. The Morgan fingerprint density at radius 3 is 2.80 bits per heavy atom. The van der Waals surface area contributed by atoms with Crippen molar-refractivity contribution in [3.63, 3.8) is 0 Å². The van der Waals surface area contributed by atoms with Crippen molar-refractivity contribution in [3.8, 4) is 0 Å². The number of hydrogen-bond donors (Lipinski definition) is 1. The van der Waals surface area contributed by atoms with Crippen molar-refractivity contribution in [2.24, 2.45) is 0 Å². The summed E-state index contributed by atoms with van der Waals surface area (Å²) in [6.07, 6.45) is 8.06. The maximum atomic E-state index is 4.68. The van der Waals surface area contributed by atoms with Crippen LogP contribution in [0.4, 0.5) is 0 Å². The summed E-state index contributed by atoms with van der Waals surface area (Å²) in [5.41, 5.74) is 1.32. The second-order valence-electron chi connectivity index (χ2n) is 6.08. The molecule has 110 valence electrons. The van der Waals surface area contributed by atoms with Crippen LogP contribution < -0.4 is 5.32 Å². The Balaban J connectivity index is 1.60. The molecule has 0 saturated carbocycles. The van der Waals surface area contributed by atoms with E-state index in [1.54, 1.807) is 11.3 Å². The highest BCUT2D eigenvalue weighted by Crippen LogP contribution is 2.25. The average molecular weight is 292 g/mol. The van der Waals surface area contributed by atoms with E-state index in [4.69, 9.17) is 0 Å². The molecule has 2 heterocycles. The van der Waals surface area contributed by atoms with E-state index in [2.05, 4.69) is 46.0 Å². The Morgan fingerprint density at radius 1 is 1.30 bits per heavy atom. The van der Waals surface area contributed by atoms with E-state index >= 15 is 0 Å². The first-order chi connectivity index (χ1) is 9.55. The van der Waals surface area contributed by atoms with Gasteiger partial charge in [-0.2, -0.15) is 0 Å². The highest BCUT2D eigenvalue weighted by atomic mass is 32.1. The van der Waals surface area contributed by atoms with Crippen LogP contribution in [0.5, 0.6) is 0 Å². The fraction of sp³-hybridized carbons (Fsp3) is 0.600. The van der Waals surface area contributed by atoms with Crippen molar-refractivity contribution >= 4 is 11.3 Å². The summed E-state index contributed by atoms with van der Waals surface area (Å²) in [6, 6.07) is 0. The zero-order valence-corrected chi connectivity index (χ0v) is 13.4. The SMILES string of the molecule is CC(C)(C)c1nc(CNCCCCn2ccnc2)cs1. The Kier molecular flexibility index (Phi) is 5.31. The van der Waals surface area contributed by atoms with Crippen molar-refractivity contribution < 1.29 is 0 Å². The van der Waals surface area contributed by atoms with Crippen LogP contribution in [-0.4, -0.2) is 21.1 Å². The van der Waals surface area contributed by atoms with Crippen molar-refractivity contribution in [3.05, 3.63) is 34.8 Å². The molecule has 0 saturated heterocycles. The number of aryl methyl sites for hydroxylation is 1. The third-order valence-corrected chi connectivity index (χ3v) is 4.40. The summed E-state index contributed by atoms with van der Waals surface area (Å²) in [4.78, 5) is 8.72. The maximum Gasteiger partial charge on any atom is 0.0982 e. The predicted octanol–water partition coefficient (Wildman–Crippen LogP) is 3.21. The second-order valence-corrected chi connectivity index (χ2v) is 6.94. The zero-order chi connectivity index (χ0) is 14.4. The van der Waals surface area contributed by atoms with Crippen LogP contribution in [0.25, 0.3) is 0 Å². The lowest BCUT2D eigenvalue weighted by Crippen LogP contribution is -2.16. The third kappa shape index (κ3) is 4.72. The lowest BCUT2D eigenvalue weighted by Gasteiger charge is -2.13. The van der Waals surface area contributed by atoms with Crippen molar-refractivity contribution in [1.29, 1.82) is 0 Å². The first kappa shape index (κ1) is 15.2. The monoisotopic (exact) mass is 292 g/mol. The molecule has 1 N–H and O–H groups in total. The van der Waals surface area contributed by atoms with Gasteiger partial charge in [-0.05, 0) is 19.4 Å². The van der Waals surface area contributed by atoms with Crippen molar-refractivity contribution in [2.75, 3.05) is 6.54 Å². The molecule has 0 radical (unpaired) electrons. The summed E-state index contributed by atoms with van der Waals surface area (Å²) in [7, 11) is 0. The topological polar surface area (TPSA) is 42.7 Å². The van der Waals surface area contributed by atoms with E-state index in [9.17, 15) is 0 Å². The van der Waals surface area contributed by atoms with Gasteiger partial charge in [0.05, 0.1) is 17.0 Å². The van der Waals surface area contributed by atoms with Gasteiger partial charge in [0, 0.05) is 36.3 Å². The van der Waals surface area contributed by atoms with Gasteiger partial charge in [0.25, 0.3) is 0 Å². The molecular weight excluding hydrogens is 268 g/mol. The van der Waals surface area contributed by atoms with Gasteiger partial charge in [-0.15, -0.1) is 11.3 Å². The number of hydrogen-bond acceptors (Lipinski definition) is 4. The molecule has 5 heteroatoms. The van der Waals surface area contributed by atoms with E-state index in [1.807, 2.05) is 18.7 Å². The van der Waals surface area contributed by atoms with Crippen LogP contribution in [0, 0.1) is 0 Å². The average Bonchev–Trinajstić information content (AvgIpc) is 3.04. The lowest BCUT2D eigenvalue weighted by molar-refractivity contribution is 0.559. The minimum atomic E-state index is 0.160. The van der Waals surface area contributed by atoms with Crippen LogP contribution in [0.2, 0.25) is 0 Å². The predicted molar refractivity (Wildman–Crippen MR) is 84.0 cm³/mol. The quantitative estimate of drug-likeness (QED) is 0.797. The molecule has 0 unspecified atom stereocenters. The molecule has 20 heavy (non-hydrogen) atoms. The van der Waals surface area contributed by atoms with Gasteiger partial charge < -0.3 is 9.88 Å². The standard InChI is InChI=1S/C15H24N4S/c1-15(2,3)14-18-13(11-20-14)10-16-6-4-5-8-19-9-7-17-12-19/h7,9,11-12,16H,4-6,8,10H2,1-3H3. The zero-order valence-electron chi connectivity index (χ0n) is 12.6. The number of aromatic nitrogens is 3. The van der Waals surface area contributed by atoms with Gasteiger partial charge in [0.15, 0.2) is 0 Å². The van der Waals surface area contributed by atoms with Crippen LogP contribution in [0.1, 0.15) is 44.3 Å². The number of nitrogens with zero attached hydrogens (tertiary/aromatic N) is 3. The minimum Gasteiger partial charge on any atom is -0.337 e. The number of unbranched alkanes of at least 4 members (excludes halogenated alkanes) is 1. The molecule has 0 spiro atoms. The number of nitrogens with one attached hydrogen (secondary N) is 1. The highest BCUT2D eigenvalue weighted by Gasteiger charge is 2.17. The number of imidazole rings is 1. The number of thiazole rings is 1. The van der Waals surface area contributed by atoms with Gasteiger partial charge in [0.2, 0.25) is 0 Å². The van der Waals surface area contributed by atoms with Crippen molar-refractivity contribution in [2.45, 2.75) is 52.1 Å². The minimum absolute atomic E-state index is 0.160. The maximum absolute atomic E-state index is 4.68. The van der Waals surface area contributed by atoms with E-state index in [0.717, 1.165) is 25.3 Å². The summed E-state index contributed by atoms with van der Waals surface area (Å²) in [5, 5.41) is 6.85. The van der Waals surface area contributed by atoms with Gasteiger partial charge in [-0.25, -0.2) is 9.97 Å². The molecule has 0 atom stereocenters. The lowest BCUT2D eigenvalue weighted by atomic mass is 9.98. The molecule has 0 amide bonds.